The van der Waals surface area contributed by atoms with Crippen LogP contribution >= 0.6 is 12.4 Å². The van der Waals surface area contributed by atoms with Crippen molar-refractivity contribution in [2.45, 2.75) is 19.4 Å². The topological polar surface area (TPSA) is 73.6 Å². The lowest BCUT2D eigenvalue weighted by molar-refractivity contribution is -0.117. The Bertz CT molecular complexity index is 650. The Balaban J connectivity index is 0.00000288. The molecule has 1 amide bonds. The summed E-state index contributed by atoms with van der Waals surface area (Å²) in [4.78, 5) is 12.2. The second-order valence-corrected chi connectivity index (χ2v) is 5.08. The molecular weight excluding hydrogens is 328 g/mol. The zero-order chi connectivity index (χ0) is 16.7. The fourth-order valence-corrected chi connectivity index (χ4v) is 2.22. The molecule has 2 aromatic rings. The van der Waals surface area contributed by atoms with Crippen LogP contribution in [0.25, 0.3) is 0 Å². The molecule has 0 heterocycles. The molecule has 3 N–H and O–H groups in total. The normalized spacial score (nSPS) is 11.1. The monoisotopic (exact) mass is 350 g/mol. The lowest BCUT2D eigenvalue weighted by Gasteiger charge is -2.14. The number of ether oxygens (including phenoxy) is 2. The fraction of sp³-hybridized carbons (Fsp3) is 0.278. The van der Waals surface area contributed by atoms with Crippen molar-refractivity contribution in [3.63, 3.8) is 0 Å². The van der Waals surface area contributed by atoms with Gasteiger partial charge in [0.15, 0.2) is 11.5 Å². The summed E-state index contributed by atoms with van der Waals surface area (Å²) in [6, 6.07) is 14.3. The molecule has 6 heteroatoms. The molecule has 24 heavy (non-hydrogen) atoms. The number of hydrogen-bond donors (Lipinski definition) is 2. The van der Waals surface area contributed by atoms with Crippen LogP contribution in [0.3, 0.4) is 0 Å². The van der Waals surface area contributed by atoms with Gasteiger partial charge in [-0.15, -0.1) is 12.4 Å². The van der Waals surface area contributed by atoms with Crippen molar-refractivity contribution in [1.29, 1.82) is 0 Å². The third kappa shape index (κ3) is 5.44. The molecule has 1 unspecified atom stereocenters. The quantitative estimate of drug-likeness (QED) is 0.805. The van der Waals surface area contributed by atoms with Crippen molar-refractivity contribution < 1.29 is 14.3 Å². The first-order valence-electron chi connectivity index (χ1n) is 7.55. The van der Waals surface area contributed by atoms with Crippen molar-refractivity contribution >= 4 is 24.0 Å². The molecule has 0 aliphatic carbocycles. The summed E-state index contributed by atoms with van der Waals surface area (Å²) >= 11 is 0. The van der Waals surface area contributed by atoms with E-state index in [0.717, 1.165) is 5.56 Å². The van der Waals surface area contributed by atoms with Gasteiger partial charge in [0.25, 0.3) is 0 Å². The van der Waals surface area contributed by atoms with E-state index in [1.165, 1.54) is 0 Å². The second-order valence-electron chi connectivity index (χ2n) is 5.08. The highest BCUT2D eigenvalue weighted by Crippen LogP contribution is 2.30. The van der Waals surface area contributed by atoms with Crippen LogP contribution in [-0.2, 0) is 11.2 Å². The molecule has 0 saturated carbocycles. The number of nitrogens with one attached hydrogen (secondary N) is 1. The highest BCUT2D eigenvalue weighted by molar-refractivity contribution is 5.95. The van der Waals surface area contributed by atoms with E-state index < -0.39 is 6.04 Å². The Morgan fingerprint density at radius 3 is 2.50 bits per heavy atom. The third-order valence-corrected chi connectivity index (χ3v) is 3.37. The van der Waals surface area contributed by atoms with Crippen LogP contribution < -0.4 is 20.5 Å². The summed E-state index contributed by atoms with van der Waals surface area (Å²) in [5.41, 5.74) is 7.64. The number of halogens is 1. The van der Waals surface area contributed by atoms with Crippen LogP contribution in [0.5, 0.6) is 11.5 Å². The van der Waals surface area contributed by atoms with Crippen LogP contribution in [0.15, 0.2) is 48.5 Å². The van der Waals surface area contributed by atoms with Crippen molar-refractivity contribution in [2.24, 2.45) is 5.73 Å². The zero-order valence-electron chi connectivity index (χ0n) is 13.8. The number of carbonyl (C=O) groups excluding carboxylic acids is 1. The van der Waals surface area contributed by atoms with Gasteiger partial charge in [0.1, 0.15) is 0 Å². The first-order valence-corrected chi connectivity index (χ1v) is 7.55. The number of carbonyl (C=O) groups is 1. The van der Waals surface area contributed by atoms with E-state index in [4.69, 9.17) is 15.2 Å². The molecule has 0 aliphatic rings. The summed E-state index contributed by atoms with van der Waals surface area (Å²) in [7, 11) is 1.58. The number of amides is 1. The van der Waals surface area contributed by atoms with Gasteiger partial charge in [0.2, 0.25) is 5.91 Å². The van der Waals surface area contributed by atoms with Crippen molar-refractivity contribution in [3.05, 3.63) is 54.1 Å². The summed E-state index contributed by atoms with van der Waals surface area (Å²) in [6.07, 6.45) is 0.487. The van der Waals surface area contributed by atoms with E-state index in [1.807, 2.05) is 37.3 Å². The molecule has 5 nitrogen and oxygen atoms in total. The first kappa shape index (κ1) is 19.8. The van der Waals surface area contributed by atoms with E-state index in [0.29, 0.717) is 30.2 Å². The van der Waals surface area contributed by atoms with Crippen molar-refractivity contribution in [2.75, 3.05) is 19.0 Å². The summed E-state index contributed by atoms with van der Waals surface area (Å²) in [5, 5.41) is 2.81. The maximum absolute atomic E-state index is 12.2. The Morgan fingerprint density at radius 1 is 1.17 bits per heavy atom. The Hall–Kier alpha value is -2.24. The number of methoxy groups -OCH3 is 1. The molecule has 2 rings (SSSR count). The van der Waals surface area contributed by atoms with Crippen molar-refractivity contribution in [3.8, 4) is 11.5 Å². The van der Waals surface area contributed by atoms with Crippen LogP contribution in [0.1, 0.15) is 12.5 Å². The van der Waals surface area contributed by atoms with E-state index in [9.17, 15) is 4.79 Å². The Labute approximate surface area is 148 Å². The molecule has 0 aromatic heterocycles. The maximum atomic E-state index is 12.2. The first-order chi connectivity index (χ1) is 11.1. The van der Waals surface area contributed by atoms with Gasteiger partial charge in [-0.3, -0.25) is 4.79 Å². The van der Waals surface area contributed by atoms with Gasteiger partial charge in [-0.1, -0.05) is 30.3 Å². The summed E-state index contributed by atoms with van der Waals surface area (Å²) in [6.45, 7) is 2.40. The standard InChI is InChI=1S/C18H22N2O3.ClH/c1-3-23-17-12-14(9-10-16(17)22-2)20-18(21)15(19)11-13-7-5-4-6-8-13;/h4-10,12,15H,3,11,19H2,1-2H3,(H,20,21);1H. The number of anilines is 1. The van der Waals surface area contributed by atoms with Gasteiger partial charge < -0.3 is 20.5 Å². The molecule has 2 aromatic carbocycles. The predicted molar refractivity (Wildman–Crippen MR) is 98.2 cm³/mol. The largest absolute Gasteiger partial charge is 0.493 e. The lowest BCUT2D eigenvalue weighted by Crippen LogP contribution is -2.37. The second kappa shape index (κ2) is 9.80. The zero-order valence-corrected chi connectivity index (χ0v) is 14.6. The molecule has 0 saturated heterocycles. The molecule has 1 atom stereocenters. The molecule has 0 spiro atoms. The van der Waals surface area contributed by atoms with Gasteiger partial charge in [-0.05, 0) is 31.0 Å². The highest BCUT2D eigenvalue weighted by Gasteiger charge is 2.15. The van der Waals surface area contributed by atoms with Gasteiger partial charge in [0, 0.05) is 11.8 Å². The smallest absolute Gasteiger partial charge is 0.241 e. The van der Waals surface area contributed by atoms with Crippen molar-refractivity contribution in [1.82, 2.24) is 0 Å². The highest BCUT2D eigenvalue weighted by atomic mass is 35.5. The lowest BCUT2D eigenvalue weighted by atomic mass is 10.1. The molecule has 0 fully saturated rings. The van der Waals surface area contributed by atoms with Gasteiger partial charge >= 0.3 is 0 Å². The number of rotatable bonds is 7. The predicted octanol–water partition coefficient (Wildman–Crippen LogP) is 3.02. The number of nitrogens with two attached hydrogens (primary N) is 1. The van der Waals surface area contributed by atoms with Crippen LogP contribution in [0.4, 0.5) is 5.69 Å². The van der Waals surface area contributed by atoms with Crippen LogP contribution in [0, 0.1) is 0 Å². The van der Waals surface area contributed by atoms with Crippen LogP contribution in [-0.4, -0.2) is 25.7 Å². The van der Waals surface area contributed by atoms with E-state index in [2.05, 4.69) is 5.32 Å². The summed E-state index contributed by atoms with van der Waals surface area (Å²) in [5.74, 6) is 0.976. The minimum atomic E-state index is -0.616. The molecule has 0 radical (unpaired) electrons. The molecular formula is C18H23ClN2O3. The van der Waals surface area contributed by atoms with Gasteiger partial charge in [0.05, 0.1) is 19.8 Å². The summed E-state index contributed by atoms with van der Waals surface area (Å²) < 4.78 is 10.7. The minimum absolute atomic E-state index is 0. The molecule has 0 aliphatic heterocycles. The maximum Gasteiger partial charge on any atom is 0.241 e. The third-order valence-electron chi connectivity index (χ3n) is 3.37. The number of benzene rings is 2. The van der Waals surface area contributed by atoms with E-state index in [-0.39, 0.29) is 18.3 Å². The minimum Gasteiger partial charge on any atom is -0.493 e. The average molecular weight is 351 g/mol. The Kier molecular flexibility index (Phi) is 8.09. The average Bonchev–Trinajstić information content (AvgIpc) is 2.56. The van der Waals surface area contributed by atoms with Gasteiger partial charge in [-0.2, -0.15) is 0 Å². The fourth-order valence-electron chi connectivity index (χ4n) is 2.22. The van der Waals surface area contributed by atoms with Crippen LogP contribution in [0.2, 0.25) is 0 Å². The Morgan fingerprint density at radius 2 is 1.88 bits per heavy atom. The van der Waals surface area contributed by atoms with E-state index in [1.54, 1.807) is 25.3 Å². The SMILES string of the molecule is CCOc1cc(NC(=O)C(N)Cc2ccccc2)ccc1OC.Cl. The van der Waals surface area contributed by atoms with Gasteiger partial charge in [-0.25, -0.2) is 0 Å². The number of hydrogen-bond acceptors (Lipinski definition) is 4. The molecule has 0 bridgehead atoms. The van der Waals surface area contributed by atoms with E-state index >= 15 is 0 Å². The molecule has 130 valence electrons.